The number of carbonyl (C=O) groups is 11. The summed E-state index contributed by atoms with van der Waals surface area (Å²) < 4.78 is 0. The zero-order valence-corrected chi connectivity index (χ0v) is 51.3. The van der Waals surface area contributed by atoms with Crippen LogP contribution in [0.5, 0.6) is 0 Å². The summed E-state index contributed by atoms with van der Waals surface area (Å²) in [5.41, 5.74) is 29.9. The van der Waals surface area contributed by atoms with E-state index in [1.54, 1.807) is 44.2 Å². The zero-order valence-electron chi connectivity index (χ0n) is 51.3. The van der Waals surface area contributed by atoms with Crippen LogP contribution in [0.15, 0.2) is 30.3 Å². The van der Waals surface area contributed by atoms with Crippen LogP contribution in [0.4, 0.5) is 0 Å². The van der Waals surface area contributed by atoms with E-state index in [0.29, 0.717) is 17.9 Å². The van der Waals surface area contributed by atoms with Gasteiger partial charge in [0.2, 0.25) is 65.0 Å². The second-order valence-corrected chi connectivity index (χ2v) is 22.1. The van der Waals surface area contributed by atoms with Gasteiger partial charge in [-0.15, -0.1) is 0 Å². The molecule has 1 fully saturated rings. The lowest BCUT2D eigenvalue weighted by atomic mass is 10.00. The van der Waals surface area contributed by atoms with Crippen molar-refractivity contribution in [2.75, 3.05) is 46.4 Å². The lowest BCUT2D eigenvalue weighted by molar-refractivity contribution is -0.214. The zero-order chi connectivity index (χ0) is 65.8. The van der Waals surface area contributed by atoms with Crippen LogP contribution in [0, 0.1) is 11.8 Å². The Morgan fingerprint density at radius 1 is 0.563 bits per heavy atom. The van der Waals surface area contributed by atoms with E-state index < -0.39 is 151 Å². The van der Waals surface area contributed by atoms with Crippen molar-refractivity contribution >= 4 is 65.0 Å². The van der Waals surface area contributed by atoms with Gasteiger partial charge in [0.25, 0.3) is 0 Å². The Kier molecular flexibility index (Phi) is 38.4. The molecule has 87 heavy (non-hydrogen) atoms. The number of rotatable bonds is 28. The number of amides is 11. The molecule has 31 nitrogen and oxygen atoms in total. The van der Waals surface area contributed by atoms with E-state index in [9.17, 15) is 63.0 Å². The normalized spacial score (nSPS) is 22.1. The predicted molar refractivity (Wildman–Crippen MR) is 321 cm³/mol. The molecule has 0 bridgehead atoms. The Balaban J connectivity index is 0.0000123. The summed E-state index contributed by atoms with van der Waals surface area (Å²) in [5, 5.41) is 56.7. The maximum absolute atomic E-state index is 14.5. The minimum atomic E-state index is -1.70. The Labute approximate surface area is 509 Å². The number of unbranched alkanes of at least 4 members (excludes halogenated alkanes) is 1. The minimum Gasteiger partial charge on any atom is -0.391 e. The number of hydrogen-bond acceptors (Lipinski definition) is 20. The van der Waals surface area contributed by atoms with Crippen LogP contribution in [0.1, 0.15) is 118 Å². The van der Waals surface area contributed by atoms with E-state index >= 15 is 0 Å². The van der Waals surface area contributed by atoms with Crippen molar-refractivity contribution in [3.63, 3.8) is 0 Å². The van der Waals surface area contributed by atoms with Crippen molar-refractivity contribution in [3.05, 3.63) is 35.9 Å². The van der Waals surface area contributed by atoms with E-state index in [4.69, 9.17) is 33.9 Å². The van der Waals surface area contributed by atoms with Gasteiger partial charge >= 0.3 is 0 Å². The van der Waals surface area contributed by atoms with Gasteiger partial charge in [-0.05, 0) is 115 Å². The Bertz CT molecular complexity index is 2320. The Morgan fingerprint density at radius 2 is 1.03 bits per heavy atom. The maximum Gasteiger partial charge on any atom is 0.245 e. The van der Waals surface area contributed by atoms with E-state index in [2.05, 4.69) is 77.2 Å². The van der Waals surface area contributed by atoms with E-state index in [-0.39, 0.29) is 90.0 Å². The highest BCUT2D eigenvalue weighted by molar-refractivity contribution is 5.99. The quantitative estimate of drug-likeness (QED) is 0.0211. The molecule has 0 radical (unpaired) electrons. The van der Waals surface area contributed by atoms with Crippen molar-refractivity contribution in [1.29, 1.82) is 0 Å². The van der Waals surface area contributed by atoms with Crippen LogP contribution < -0.4 is 87.2 Å². The summed E-state index contributed by atoms with van der Waals surface area (Å²) in [6.07, 6.45) is -2.10. The minimum absolute atomic E-state index is 0.0181. The lowest BCUT2D eigenvalue weighted by Gasteiger charge is -2.29. The number of aliphatic hydroxyl groups excluding tert-OH is 2. The monoisotopic (exact) mass is 1240 g/mol. The molecule has 1 saturated heterocycles. The highest BCUT2D eigenvalue weighted by Gasteiger charge is 2.37. The third-order valence-electron chi connectivity index (χ3n) is 13.6. The average Bonchev–Trinajstić information content (AvgIpc) is 3.37. The van der Waals surface area contributed by atoms with Gasteiger partial charge in [-0.3, -0.25) is 58.0 Å². The molecule has 1 heterocycles. The van der Waals surface area contributed by atoms with E-state index in [1.165, 1.54) is 21.0 Å². The second kappa shape index (κ2) is 42.8. The van der Waals surface area contributed by atoms with Gasteiger partial charge in [-0.2, -0.15) is 0 Å². The molecule has 494 valence electrons. The Hall–Kier alpha value is -6.97. The van der Waals surface area contributed by atoms with Crippen molar-refractivity contribution in [2.45, 2.75) is 191 Å². The number of carbonyl (C=O) groups excluding carboxylic acids is 11. The summed E-state index contributed by atoms with van der Waals surface area (Å²) in [6.45, 7) is 8.92. The molecule has 1 aromatic rings. The van der Waals surface area contributed by atoms with Crippen molar-refractivity contribution in [1.82, 2.24) is 58.5 Å². The summed E-state index contributed by atoms with van der Waals surface area (Å²) in [4.78, 5) is 157. The number of nitrogens with one attached hydrogen (secondary N) is 11. The van der Waals surface area contributed by atoms with Gasteiger partial charge in [0.15, 0.2) is 0 Å². The van der Waals surface area contributed by atoms with Crippen molar-refractivity contribution in [3.8, 4) is 0 Å². The van der Waals surface area contributed by atoms with E-state index in [1.807, 2.05) is 0 Å². The fourth-order valence-corrected chi connectivity index (χ4v) is 8.98. The van der Waals surface area contributed by atoms with Gasteiger partial charge in [-0.25, -0.2) is 4.89 Å². The third-order valence-corrected chi connectivity index (χ3v) is 13.6. The second-order valence-electron chi connectivity index (χ2n) is 22.1. The van der Waals surface area contributed by atoms with Gasteiger partial charge < -0.3 is 97.4 Å². The summed E-state index contributed by atoms with van der Waals surface area (Å²) in [6, 6.07) is -6.23. The van der Waals surface area contributed by atoms with Crippen LogP contribution in [0.2, 0.25) is 0 Å². The molecule has 1 aromatic carbocycles. The molecule has 31 heteroatoms. The smallest absolute Gasteiger partial charge is 0.245 e. The largest absolute Gasteiger partial charge is 0.391 e. The van der Waals surface area contributed by atoms with Crippen molar-refractivity contribution < 1.29 is 73.1 Å². The lowest BCUT2D eigenvalue weighted by Crippen LogP contribution is -2.62. The molecule has 0 aromatic heterocycles. The molecule has 11 amide bonds. The molecule has 0 aliphatic carbocycles. The molecule has 2 rings (SSSR count). The first kappa shape index (κ1) is 78.0. The standard InChI is InChI=1S/C55H96N16O13.CH4O2/c1-30(2)12-10-11-15-43(74)62-35(16-22-56)50(79)71-45(33(6)73)55(84)67-38(19-25-59)47(76)66-40-21-27-61-54(83)44(32(5)72)70-51(80)39(20-26-60)64-46(75)36(17-23-57)65-52(81)41(28-31(3)4)68-53(82)42(29-34-13-8-7-9-14-34)69-48(77)37(18-24-58)63-49(40)78;1-3-2/h7-9,13-14,30-33,35-42,44-45,72-73H,10-12,15-29,56-60H2,1-6H3,(H,61,83)(H,62,74)(H,63,78)(H,64,75)(H,65,81)(H,66,76)(H,67,84)(H,68,82)(H,69,77)(H,70,80)(H,71,79);2H,1H3/t32-,33-,35+,36+,37+,38+,39+,40+,41+,42-,44+,45+;/m1./s1. The van der Waals surface area contributed by atoms with Crippen LogP contribution in [-0.2, 0) is 64.0 Å². The van der Waals surface area contributed by atoms with Gasteiger partial charge in [0, 0.05) is 19.4 Å². The number of aliphatic hydroxyl groups is 2. The predicted octanol–water partition coefficient (Wildman–Crippen LogP) is -5.53. The van der Waals surface area contributed by atoms with Gasteiger partial charge in [0.05, 0.1) is 19.3 Å². The number of hydrogen-bond donors (Lipinski definition) is 19. The molecule has 1 aliphatic rings. The van der Waals surface area contributed by atoms with E-state index in [0.717, 1.165) is 12.8 Å². The van der Waals surface area contributed by atoms with Crippen LogP contribution >= 0.6 is 0 Å². The fraction of sp³-hybridized carbons (Fsp3) is 0.696. The first-order chi connectivity index (χ1) is 41.2. The fourth-order valence-electron chi connectivity index (χ4n) is 8.98. The molecule has 0 unspecified atom stereocenters. The number of benzene rings is 1. The van der Waals surface area contributed by atoms with Crippen LogP contribution in [0.25, 0.3) is 0 Å². The summed E-state index contributed by atoms with van der Waals surface area (Å²) in [7, 11) is 1.18. The molecule has 24 N–H and O–H groups in total. The summed E-state index contributed by atoms with van der Waals surface area (Å²) in [5.74, 6) is -9.52. The molecule has 12 atom stereocenters. The average molecular weight is 1240 g/mol. The van der Waals surface area contributed by atoms with Crippen molar-refractivity contribution in [2.24, 2.45) is 40.5 Å². The summed E-state index contributed by atoms with van der Waals surface area (Å²) >= 11 is 0. The molecular weight excluding hydrogens is 1140 g/mol. The highest BCUT2D eigenvalue weighted by Crippen LogP contribution is 2.12. The van der Waals surface area contributed by atoms with Crippen LogP contribution in [0.3, 0.4) is 0 Å². The van der Waals surface area contributed by atoms with Gasteiger partial charge in [0.1, 0.15) is 60.4 Å². The molecular formula is C56H100N16O15. The molecule has 1 aliphatic heterocycles. The maximum atomic E-state index is 14.5. The number of nitrogens with two attached hydrogens (primary N) is 5. The topological polar surface area (TPSA) is 520 Å². The first-order valence-corrected chi connectivity index (χ1v) is 29.6. The molecule has 0 saturated carbocycles. The SMILES string of the molecule is CC(C)CCCCC(=O)N[C@@H](CCN)C(=O)N[C@H](C(=O)N[C@@H](CCN)C(=O)N[C@H]1CCNC(=O)[C@H]([C@@H](C)O)NC(=O)[C@H](CCN)NC(=O)[C@H](CCN)NC(=O)[C@H](CC(C)C)NC(=O)[C@@H](Cc2ccccc2)NC(=O)[C@H](CCN)NC1=O)[C@@H](C)O.COO. The molecule has 0 spiro atoms. The van der Waals surface area contributed by atoms with Crippen LogP contribution in [-0.4, -0.2) is 199 Å². The van der Waals surface area contributed by atoms with Gasteiger partial charge in [-0.1, -0.05) is 70.9 Å². The first-order valence-electron chi connectivity index (χ1n) is 29.6. The Morgan fingerprint density at radius 3 is 1.52 bits per heavy atom. The third kappa shape index (κ3) is 30.0. The highest BCUT2D eigenvalue weighted by atomic mass is 17.1.